The molecule has 2 heterocycles. The highest BCUT2D eigenvalue weighted by Crippen LogP contribution is 2.20. The monoisotopic (exact) mass is 234 g/mol. The first-order valence-electron chi connectivity index (χ1n) is 6.01. The van der Waals surface area contributed by atoms with Crippen LogP contribution < -0.4 is 0 Å². The summed E-state index contributed by atoms with van der Waals surface area (Å²) in [6.45, 7) is 4.91. The van der Waals surface area contributed by atoms with E-state index in [9.17, 15) is 5.11 Å². The van der Waals surface area contributed by atoms with Crippen molar-refractivity contribution in [1.82, 2.24) is 9.78 Å². The zero-order chi connectivity index (χ0) is 12.3. The van der Waals surface area contributed by atoms with E-state index < -0.39 is 6.10 Å². The summed E-state index contributed by atoms with van der Waals surface area (Å²) in [5.74, 6) is 1.54. The molecule has 0 aliphatic heterocycles. The summed E-state index contributed by atoms with van der Waals surface area (Å²) in [6, 6.07) is 3.75. The predicted octanol–water partition coefficient (Wildman–Crippen LogP) is 2.33. The average Bonchev–Trinajstić information content (AvgIpc) is 2.96. The van der Waals surface area contributed by atoms with E-state index in [2.05, 4.69) is 5.10 Å². The van der Waals surface area contributed by atoms with Gasteiger partial charge in [-0.2, -0.15) is 5.10 Å². The minimum Gasteiger partial charge on any atom is -0.463 e. The van der Waals surface area contributed by atoms with Crippen LogP contribution in [0, 0.1) is 0 Å². The van der Waals surface area contributed by atoms with Crippen LogP contribution in [0.1, 0.15) is 37.0 Å². The van der Waals surface area contributed by atoms with Gasteiger partial charge in [-0.3, -0.25) is 4.68 Å². The third-order valence-electron chi connectivity index (χ3n) is 2.80. The maximum absolute atomic E-state index is 10.0. The molecule has 0 aliphatic rings. The van der Waals surface area contributed by atoms with E-state index in [1.165, 1.54) is 0 Å². The van der Waals surface area contributed by atoms with Crippen LogP contribution in [0.25, 0.3) is 0 Å². The Morgan fingerprint density at radius 2 is 2.24 bits per heavy atom. The molecule has 0 bridgehead atoms. The summed E-state index contributed by atoms with van der Waals surface area (Å²) in [5, 5.41) is 14.2. The lowest BCUT2D eigenvalue weighted by Crippen LogP contribution is -1.99. The second kappa shape index (κ2) is 5.19. The van der Waals surface area contributed by atoms with Crippen LogP contribution in [-0.4, -0.2) is 14.9 Å². The number of aromatic nitrogens is 2. The van der Waals surface area contributed by atoms with Gasteiger partial charge < -0.3 is 9.52 Å². The fraction of sp³-hybridized carbons (Fsp3) is 0.462. The van der Waals surface area contributed by atoms with Crippen molar-refractivity contribution < 1.29 is 9.52 Å². The Kier molecular flexibility index (Phi) is 3.64. The predicted molar refractivity (Wildman–Crippen MR) is 64.7 cm³/mol. The summed E-state index contributed by atoms with van der Waals surface area (Å²) in [5.41, 5.74) is 1.02. The minimum atomic E-state index is -0.593. The first kappa shape index (κ1) is 11.9. The van der Waals surface area contributed by atoms with Gasteiger partial charge in [0.2, 0.25) is 0 Å². The maximum atomic E-state index is 10.0. The second-order valence-electron chi connectivity index (χ2n) is 4.08. The van der Waals surface area contributed by atoms with Crippen molar-refractivity contribution in [2.75, 3.05) is 0 Å². The van der Waals surface area contributed by atoms with E-state index in [0.717, 1.165) is 24.3 Å². The Balaban J connectivity index is 2.02. The van der Waals surface area contributed by atoms with Gasteiger partial charge in [-0.15, -0.1) is 0 Å². The van der Waals surface area contributed by atoms with Crippen LogP contribution in [0.5, 0.6) is 0 Å². The molecule has 4 nitrogen and oxygen atoms in total. The maximum Gasteiger partial charge on any atom is 0.133 e. The molecule has 4 heteroatoms. The fourth-order valence-electron chi connectivity index (χ4n) is 1.77. The van der Waals surface area contributed by atoms with Crippen LogP contribution in [-0.2, 0) is 19.4 Å². The van der Waals surface area contributed by atoms with Crippen LogP contribution in [0.2, 0.25) is 0 Å². The molecule has 0 radical (unpaired) electrons. The van der Waals surface area contributed by atoms with E-state index in [1.807, 2.05) is 36.9 Å². The van der Waals surface area contributed by atoms with Crippen molar-refractivity contribution in [3.8, 4) is 0 Å². The van der Waals surface area contributed by atoms with Gasteiger partial charge in [-0.05, 0) is 24.6 Å². The fourth-order valence-corrected chi connectivity index (χ4v) is 1.77. The molecule has 92 valence electrons. The number of furan rings is 1. The zero-order valence-corrected chi connectivity index (χ0v) is 10.3. The summed E-state index contributed by atoms with van der Waals surface area (Å²) < 4.78 is 7.37. The minimum absolute atomic E-state index is 0.538. The average molecular weight is 234 g/mol. The Labute approximate surface area is 101 Å². The quantitative estimate of drug-likeness (QED) is 0.863. The summed E-state index contributed by atoms with van der Waals surface area (Å²) in [4.78, 5) is 0. The van der Waals surface area contributed by atoms with Crippen LogP contribution in [0.15, 0.2) is 28.9 Å². The van der Waals surface area contributed by atoms with Crippen molar-refractivity contribution in [2.45, 2.75) is 39.3 Å². The number of rotatable bonds is 5. The summed E-state index contributed by atoms with van der Waals surface area (Å²) in [6.07, 6.45) is 4.53. The topological polar surface area (TPSA) is 51.2 Å². The van der Waals surface area contributed by atoms with Crippen LogP contribution >= 0.6 is 0 Å². The highest BCUT2D eigenvalue weighted by atomic mass is 16.4. The lowest BCUT2D eigenvalue weighted by molar-refractivity contribution is 0.148. The Hall–Kier alpha value is -1.55. The van der Waals surface area contributed by atoms with E-state index in [1.54, 1.807) is 6.20 Å². The SMILES string of the molecule is CCc1ccc(C(O)Cc2cnn(CC)c2)o1. The van der Waals surface area contributed by atoms with Gasteiger partial charge in [0.15, 0.2) is 0 Å². The molecular formula is C13H18N2O2. The lowest BCUT2D eigenvalue weighted by Gasteiger charge is -2.05. The molecule has 1 unspecified atom stereocenters. The number of nitrogens with zero attached hydrogens (tertiary/aromatic N) is 2. The number of aryl methyl sites for hydroxylation is 2. The molecule has 0 saturated heterocycles. The van der Waals surface area contributed by atoms with Gasteiger partial charge in [0.25, 0.3) is 0 Å². The largest absolute Gasteiger partial charge is 0.463 e. The molecule has 2 rings (SSSR count). The van der Waals surface area contributed by atoms with Crippen molar-refractivity contribution in [3.63, 3.8) is 0 Å². The Bertz CT molecular complexity index is 473. The van der Waals surface area contributed by atoms with Gasteiger partial charge in [-0.1, -0.05) is 6.92 Å². The third-order valence-corrected chi connectivity index (χ3v) is 2.80. The smallest absolute Gasteiger partial charge is 0.133 e. The van der Waals surface area contributed by atoms with Gasteiger partial charge >= 0.3 is 0 Å². The van der Waals surface area contributed by atoms with Gasteiger partial charge in [0.05, 0.1) is 6.20 Å². The number of hydrogen-bond donors (Lipinski definition) is 1. The van der Waals surface area contributed by atoms with Gasteiger partial charge in [0.1, 0.15) is 17.6 Å². The number of aliphatic hydroxyl groups is 1. The van der Waals surface area contributed by atoms with Gasteiger partial charge in [-0.25, -0.2) is 0 Å². The molecule has 0 fully saturated rings. The van der Waals surface area contributed by atoms with E-state index >= 15 is 0 Å². The zero-order valence-electron chi connectivity index (χ0n) is 10.3. The Morgan fingerprint density at radius 3 is 2.82 bits per heavy atom. The van der Waals surface area contributed by atoms with Crippen molar-refractivity contribution >= 4 is 0 Å². The van der Waals surface area contributed by atoms with E-state index in [-0.39, 0.29) is 0 Å². The van der Waals surface area contributed by atoms with E-state index in [4.69, 9.17) is 4.42 Å². The highest BCUT2D eigenvalue weighted by Gasteiger charge is 2.13. The van der Waals surface area contributed by atoms with Crippen molar-refractivity contribution in [3.05, 3.63) is 41.6 Å². The summed E-state index contributed by atoms with van der Waals surface area (Å²) >= 11 is 0. The van der Waals surface area contributed by atoms with Gasteiger partial charge in [0, 0.05) is 25.6 Å². The molecule has 1 atom stereocenters. The molecule has 0 aliphatic carbocycles. The summed E-state index contributed by atoms with van der Waals surface area (Å²) in [7, 11) is 0. The molecule has 2 aromatic heterocycles. The molecule has 17 heavy (non-hydrogen) atoms. The molecule has 0 aromatic carbocycles. The van der Waals surface area contributed by atoms with E-state index in [0.29, 0.717) is 12.2 Å². The van der Waals surface area contributed by atoms with Crippen LogP contribution in [0.4, 0.5) is 0 Å². The first-order chi connectivity index (χ1) is 8.22. The molecule has 0 spiro atoms. The normalized spacial score (nSPS) is 12.9. The van der Waals surface area contributed by atoms with Crippen molar-refractivity contribution in [2.24, 2.45) is 0 Å². The Morgan fingerprint density at radius 1 is 1.41 bits per heavy atom. The highest BCUT2D eigenvalue weighted by molar-refractivity contribution is 5.13. The molecule has 0 amide bonds. The molecule has 1 N–H and O–H groups in total. The number of aliphatic hydroxyl groups excluding tert-OH is 1. The lowest BCUT2D eigenvalue weighted by atomic mass is 10.1. The second-order valence-corrected chi connectivity index (χ2v) is 4.08. The van der Waals surface area contributed by atoms with Crippen molar-refractivity contribution in [1.29, 1.82) is 0 Å². The molecule has 2 aromatic rings. The molecular weight excluding hydrogens is 216 g/mol. The number of hydrogen-bond acceptors (Lipinski definition) is 3. The third kappa shape index (κ3) is 2.77. The molecule has 0 saturated carbocycles. The van der Waals surface area contributed by atoms with Crippen LogP contribution in [0.3, 0.4) is 0 Å². The first-order valence-corrected chi connectivity index (χ1v) is 6.01. The standard InChI is InChI=1S/C13H18N2O2/c1-3-11-5-6-13(17-11)12(16)7-10-8-14-15(4-2)9-10/h5-6,8-9,12,16H,3-4,7H2,1-2H3.